The highest BCUT2D eigenvalue weighted by molar-refractivity contribution is 5.46. The monoisotopic (exact) mass is 191 g/mol. The molecule has 1 aromatic heterocycles. The standard InChI is InChI=1S/C9H13N5/c10-9-12-2-1-8(13-9)14-5-6-3-11-4-7(6)14/h1-2,6-7,11H,3-5H2,(H2,10,12,13)/t6-,7-/m1/s1. The van der Waals surface area contributed by atoms with Crippen molar-refractivity contribution in [2.75, 3.05) is 30.3 Å². The lowest BCUT2D eigenvalue weighted by Gasteiger charge is -2.44. The molecule has 3 N–H and O–H groups in total. The van der Waals surface area contributed by atoms with Crippen LogP contribution in [-0.4, -0.2) is 35.6 Å². The minimum Gasteiger partial charge on any atom is -0.368 e. The van der Waals surface area contributed by atoms with Gasteiger partial charge in [0.25, 0.3) is 0 Å². The van der Waals surface area contributed by atoms with Gasteiger partial charge in [-0.15, -0.1) is 0 Å². The van der Waals surface area contributed by atoms with Crippen molar-refractivity contribution in [2.45, 2.75) is 6.04 Å². The molecular weight excluding hydrogens is 178 g/mol. The first kappa shape index (κ1) is 7.99. The Morgan fingerprint density at radius 3 is 3.21 bits per heavy atom. The predicted octanol–water partition coefficient (Wildman–Crippen LogP) is -0.533. The number of nitrogens with one attached hydrogen (secondary N) is 1. The number of hydrogen-bond donors (Lipinski definition) is 2. The summed E-state index contributed by atoms with van der Waals surface area (Å²) in [4.78, 5) is 10.4. The number of anilines is 2. The molecule has 14 heavy (non-hydrogen) atoms. The summed E-state index contributed by atoms with van der Waals surface area (Å²) in [6, 6.07) is 2.54. The molecule has 0 spiro atoms. The summed E-state index contributed by atoms with van der Waals surface area (Å²) in [7, 11) is 0. The zero-order valence-corrected chi connectivity index (χ0v) is 7.85. The highest BCUT2D eigenvalue weighted by Crippen LogP contribution is 2.31. The van der Waals surface area contributed by atoms with Crippen LogP contribution < -0.4 is 16.0 Å². The molecule has 0 amide bonds. The van der Waals surface area contributed by atoms with Gasteiger partial charge in [-0.25, -0.2) is 4.98 Å². The van der Waals surface area contributed by atoms with Crippen LogP contribution in [0.3, 0.4) is 0 Å². The Bertz CT molecular complexity index is 353. The molecule has 2 aliphatic rings. The Kier molecular flexibility index (Phi) is 1.61. The van der Waals surface area contributed by atoms with E-state index >= 15 is 0 Å². The van der Waals surface area contributed by atoms with Crippen molar-refractivity contribution < 1.29 is 0 Å². The minimum atomic E-state index is 0.358. The molecule has 5 nitrogen and oxygen atoms in total. The number of hydrogen-bond acceptors (Lipinski definition) is 5. The second-order valence-electron chi connectivity index (χ2n) is 3.91. The fourth-order valence-corrected chi connectivity index (χ4v) is 2.31. The van der Waals surface area contributed by atoms with Crippen molar-refractivity contribution in [1.82, 2.24) is 15.3 Å². The normalized spacial score (nSPS) is 29.9. The van der Waals surface area contributed by atoms with Gasteiger partial charge in [-0.3, -0.25) is 0 Å². The molecular formula is C9H13N5. The number of nitrogens with zero attached hydrogens (tertiary/aromatic N) is 3. The Hall–Kier alpha value is -1.36. The van der Waals surface area contributed by atoms with Crippen molar-refractivity contribution in [3.05, 3.63) is 12.3 Å². The third kappa shape index (κ3) is 1.05. The first-order valence-corrected chi connectivity index (χ1v) is 4.90. The second-order valence-corrected chi connectivity index (χ2v) is 3.91. The molecule has 0 saturated carbocycles. The van der Waals surface area contributed by atoms with E-state index < -0.39 is 0 Å². The number of nitrogens with two attached hydrogens (primary N) is 1. The largest absolute Gasteiger partial charge is 0.368 e. The van der Waals surface area contributed by atoms with E-state index in [-0.39, 0.29) is 0 Å². The predicted molar refractivity (Wildman–Crippen MR) is 53.9 cm³/mol. The summed E-state index contributed by atoms with van der Waals surface area (Å²) < 4.78 is 0. The zero-order valence-electron chi connectivity index (χ0n) is 7.85. The van der Waals surface area contributed by atoms with Gasteiger partial charge >= 0.3 is 0 Å². The summed E-state index contributed by atoms with van der Waals surface area (Å²) in [5, 5.41) is 3.38. The van der Waals surface area contributed by atoms with Gasteiger partial charge in [-0.2, -0.15) is 4.98 Å². The van der Waals surface area contributed by atoms with Crippen LogP contribution in [0.2, 0.25) is 0 Å². The molecule has 0 aromatic carbocycles. The summed E-state index contributed by atoms with van der Waals surface area (Å²) in [5.74, 6) is 2.12. The third-order valence-electron chi connectivity index (χ3n) is 3.09. The molecule has 0 aliphatic carbocycles. The second kappa shape index (κ2) is 2.81. The molecule has 3 rings (SSSR count). The quantitative estimate of drug-likeness (QED) is 0.624. The van der Waals surface area contributed by atoms with Crippen molar-refractivity contribution in [3.8, 4) is 0 Å². The van der Waals surface area contributed by atoms with Gasteiger partial charge in [-0.05, 0) is 6.07 Å². The summed E-state index contributed by atoms with van der Waals surface area (Å²) >= 11 is 0. The maximum absolute atomic E-state index is 5.55. The molecule has 0 radical (unpaired) electrons. The van der Waals surface area contributed by atoms with Crippen molar-refractivity contribution in [2.24, 2.45) is 5.92 Å². The van der Waals surface area contributed by atoms with Crippen LogP contribution in [0.25, 0.3) is 0 Å². The molecule has 0 unspecified atom stereocenters. The molecule has 74 valence electrons. The van der Waals surface area contributed by atoms with E-state index in [1.54, 1.807) is 6.20 Å². The maximum Gasteiger partial charge on any atom is 0.221 e. The topological polar surface area (TPSA) is 67.1 Å². The lowest BCUT2D eigenvalue weighted by molar-refractivity contribution is 0.362. The fourth-order valence-electron chi connectivity index (χ4n) is 2.31. The fraction of sp³-hybridized carbons (Fsp3) is 0.556. The number of aromatic nitrogens is 2. The lowest BCUT2D eigenvalue weighted by Crippen LogP contribution is -2.56. The smallest absolute Gasteiger partial charge is 0.221 e. The van der Waals surface area contributed by atoms with E-state index in [4.69, 9.17) is 5.73 Å². The van der Waals surface area contributed by atoms with Gasteiger partial charge in [0.05, 0.1) is 0 Å². The van der Waals surface area contributed by atoms with Gasteiger partial charge in [-0.1, -0.05) is 0 Å². The zero-order chi connectivity index (χ0) is 9.54. The van der Waals surface area contributed by atoms with Crippen molar-refractivity contribution in [3.63, 3.8) is 0 Å². The van der Waals surface area contributed by atoms with Crippen LogP contribution in [0, 0.1) is 5.92 Å². The van der Waals surface area contributed by atoms with Crippen LogP contribution in [0.15, 0.2) is 12.3 Å². The number of fused-ring (bicyclic) bond motifs is 1. The van der Waals surface area contributed by atoms with Crippen LogP contribution in [0.5, 0.6) is 0 Å². The SMILES string of the molecule is Nc1nccc(N2C[C@H]3CNC[C@H]32)n1. The first-order chi connectivity index (χ1) is 6.84. The third-order valence-corrected chi connectivity index (χ3v) is 3.09. The highest BCUT2D eigenvalue weighted by atomic mass is 15.3. The van der Waals surface area contributed by atoms with E-state index in [0.29, 0.717) is 12.0 Å². The van der Waals surface area contributed by atoms with Crippen molar-refractivity contribution >= 4 is 11.8 Å². The number of rotatable bonds is 1. The van der Waals surface area contributed by atoms with Crippen molar-refractivity contribution in [1.29, 1.82) is 0 Å². The van der Waals surface area contributed by atoms with E-state index in [9.17, 15) is 0 Å². The minimum absolute atomic E-state index is 0.358. The van der Waals surface area contributed by atoms with Gasteiger partial charge in [0.2, 0.25) is 5.95 Å². The summed E-state index contributed by atoms with van der Waals surface area (Å²) in [5.41, 5.74) is 5.55. The van der Waals surface area contributed by atoms with Gasteiger partial charge < -0.3 is 16.0 Å². The summed E-state index contributed by atoms with van der Waals surface area (Å²) in [6.07, 6.45) is 1.72. The average molecular weight is 191 g/mol. The Morgan fingerprint density at radius 2 is 2.43 bits per heavy atom. The van der Waals surface area contributed by atoms with Crippen LogP contribution in [0.4, 0.5) is 11.8 Å². The van der Waals surface area contributed by atoms with Crippen LogP contribution >= 0.6 is 0 Å². The van der Waals surface area contributed by atoms with E-state index in [1.165, 1.54) is 0 Å². The molecule has 1 aromatic rings. The van der Waals surface area contributed by atoms with Gasteiger partial charge in [0, 0.05) is 37.8 Å². The average Bonchev–Trinajstić information content (AvgIpc) is 2.48. The highest BCUT2D eigenvalue weighted by Gasteiger charge is 2.42. The lowest BCUT2D eigenvalue weighted by atomic mass is 9.92. The maximum atomic E-state index is 5.55. The summed E-state index contributed by atoms with van der Waals surface area (Å²) in [6.45, 7) is 3.30. The van der Waals surface area contributed by atoms with Crippen LogP contribution in [0.1, 0.15) is 0 Å². The van der Waals surface area contributed by atoms with E-state index in [2.05, 4.69) is 20.2 Å². The Morgan fingerprint density at radius 1 is 1.50 bits per heavy atom. The Labute approximate surface area is 82.3 Å². The molecule has 2 fully saturated rings. The number of nitrogen functional groups attached to an aromatic ring is 1. The molecule has 3 heterocycles. The molecule has 2 atom stereocenters. The van der Waals surface area contributed by atoms with Gasteiger partial charge in [0.15, 0.2) is 0 Å². The van der Waals surface area contributed by atoms with Crippen LogP contribution in [-0.2, 0) is 0 Å². The van der Waals surface area contributed by atoms with E-state index in [0.717, 1.165) is 31.4 Å². The van der Waals surface area contributed by atoms with Gasteiger partial charge in [0.1, 0.15) is 5.82 Å². The molecule has 2 aliphatic heterocycles. The molecule has 2 saturated heterocycles. The Balaban J connectivity index is 1.83. The molecule has 5 heteroatoms. The first-order valence-electron chi connectivity index (χ1n) is 4.90. The molecule has 0 bridgehead atoms. The van der Waals surface area contributed by atoms with E-state index in [1.807, 2.05) is 6.07 Å².